The molecule has 0 aliphatic carbocycles. The number of halogens is 2. The zero-order chi connectivity index (χ0) is 21.0. The van der Waals surface area contributed by atoms with Gasteiger partial charge in [0.05, 0.1) is 12.1 Å². The van der Waals surface area contributed by atoms with Crippen molar-refractivity contribution in [1.29, 1.82) is 0 Å². The van der Waals surface area contributed by atoms with E-state index in [0.29, 0.717) is 37.6 Å². The SMILES string of the molecule is CN(C)c1ccc(C(=O)N2CCN(CC(=O)Nc3ccc(F)cc3)CC2)c(F)c1. The van der Waals surface area contributed by atoms with Crippen LogP contribution in [-0.4, -0.2) is 68.4 Å². The summed E-state index contributed by atoms with van der Waals surface area (Å²) in [5, 5.41) is 2.72. The van der Waals surface area contributed by atoms with Crippen LogP contribution in [0.2, 0.25) is 0 Å². The number of nitrogens with one attached hydrogen (secondary N) is 1. The van der Waals surface area contributed by atoms with Crippen LogP contribution >= 0.6 is 0 Å². The van der Waals surface area contributed by atoms with E-state index in [0.717, 1.165) is 0 Å². The lowest BCUT2D eigenvalue weighted by Gasteiger charge is -2.34. The van der Waals surface area contributed by atoms with Crippen LogP contribution < -0.4 is 10.2 Å². The van der Waals surface area contributed by atoms with Gasteiger partial charge in [-0.1, -0.05) is 0 Å². The van der Waals surface area contributed by atoms with Crippen LogP contribution in [0.25, 0.3) is 0 Å². The van der Waals surface area contributed by atoms with Crippen molar-refractivity contribution < 1.29 is 18.4 Å². The van der Waals surface area contributed by atoms with Gasteiger partial charge in [0.15, 0.2) is 0 Å². The number of nitrogens with zero attached hydrogens (tertiary/aromatic N) is 3. The molecule has 2 aromatic carbocycles. The van der Waals surface area contributed by atoms with Crippen molar-refractivity contribution in [3.8, 4) is 0 Å². The fourth-order valence-corrected chi connectivity index (χ4v) is 3.17. The van der Waals surface area contributed by atoms with E-state index < -0.39 is 5.82 Å². The third kappa shape index (κ3) is 5.29. The molecule has 0 radical (unpaired) electrons. The highest BCUT2D eigenvalue weighted by molar-refractivity contribution is 5.95. The van der Waals surface area contributed by atoms with Gasteiger partial charge in [-0.25, -0.2) is 8.78 Å². The molecule has 154 valence electrons. The molecule has 0 saturated carbocycles. The number of rotatable bonds is 5. The van der Waals surface area contributed by atoms with E-state index in [2.05, 4.69) is 5.32 Å². The molecule has 1 aliphatic heterocycles. The van der Waals surface area contributed by atoms with Crippen LogP contribution in [0.3, 0.4) is 0 Å². The number of anilines is 2. The lowest BCUT2D eigenvalue weighted by Crippen LogP contribution is -2.50. The van der Waals surface area contributed by atoms with E-state index in [4.69, 9.17) is 0 Å². The predicted octanol–water partition coefficient (Wildman–Crippen LogP) is 2.43. The van der Waals surface area contributed by atoms with Crippen LogP contribution in [0.5, 0.6) is 0 Å². The molecule has 0 bridgehead atoms. The van der Waals surface area contributed by atoms with Gasteiger partial charge in [0, 0.05) is 51.6 Å². The van der Waals surface area contributed by atoms with Gasteiger partial charge in [0.2, 0.25) is 5.91 Å². The van der Waals surface area contributed by atoms with E-state index in [1.807, 2.05) is 19.0 Å². The van der Waals surface area contributed by atoms with Crippen molar-refractivity contribution in [2.75, 3.05) is 57.0 Å². The Bertz CT molecular complexity index is 879. The van der Waals surface area contributed by atoms with Gasteiger partial charge in [-0.3, -0.25) is 14.5 Å². The van der Waals surface area contributed by atoms with Crippen LogP contribution in [0.4, 0.5) is 20.2 Å². The van der Waals surface area contributed by atoms with Crippen molar-refractivity contribution in [3.05, 3.63) is 59.7 Å². The van der Waals surface area contributed by atoms with Crippen LogP contribution in [0.1, 0.15) is 10.4 Å². The molecule has 2 amide bonds. The molecule has 2 aromatic rings. The van der Waals surface area contributed by atoms with Crippen molar-refractivity contribution in [2.45, 2.75) is 0 Å². The first-order chi connectivity index (χ1) is 13.8. The van der Waals surface area contributed by atoms with E-state index >= 15 is 0 Å². The Kier molecular flexibility index (Phi) is 6.43. The summed E-state index contributed by atoms with van der Waals surface area (Å²) in [5.74, 6) is -1.45. The number of amides is 2. The fraction of sp³-hybridized carbons (Fsp3) is 0.333. The summed E-state index contributed by atoms with van der Waals surface area (Å²) in [6.07, 6.45) is 0. The maximum Gasteiger partial charge on any atom is 0.256 e. The number of carbonyl (C=O) groups excluding carboxylic acids is 2. The molecule has 1 N–H and O–H groups in total. The molecule has 6 nitrogen and oxygen atoms in total. The Balaban J connectivity index is 1.51. The van der Waals surface area contributed by atoms with Gasteiger partial charge in [-0.2, -0.15) is 0 Å². The van der Waals surface area contributed by atoms with Crippen LogP contribution in [0.15, 0.2) is 42.5 Å². The third-order valence-corrected chi connectivity index (χ3v) is 4.85. The Morgan fingerprint density at radius 1 is 1.00 bits per heavy atom. The minimum absolute atomic E-state index is 0.0538. The monoisotopic (exact) mass is 402 g/mol. The molecule has 8 heteroatoms. The van der Waals surface area contributed by atoms with Gasteiger partial charge < -0.3 is 15.1 Å². The van der Waals surface area contributed by atoms with Gasteiger partial charge in [0.25, 0.3) is 5.91 Å². The maximum atomic E-state index is 14.3. The summed E-state index contributed by atoms with van der Waals surface area (Å²) in [7, 11) is 3.61. The van der Waals surface area contributed by atoms with Crippen LogP contribution in [-0.2, 0) is 4.79 Å². The molecule has 1 heterocycles. The highest BCUT2D eigenvalue weighted by Crippen LogP contribution is 2.19. The molecule has 3 rings (SSSR count). The summed E-state index contributed by atoms with van der Waals surface area (Å²) < 4.78 is 27.3. The fourth-order valence-electron chi connectivity index (χ4n) is 3.17. The number of hydrogen-bond acceptors (Lipinski definition) is 4. The summed E-state index contributed by atoms with van der Waals surface area (Å²) in [6, 6.07) is 10.1. The van der Waals surface area contributed by atoms with E-state index in [-0.39, 0.29) is 29.7 Å². The molecular formula is C21H24F2N4O2. The highest BCUT2D eigenvalue weighted by atomic mass is 19.1. The van der Waals surface area contributed by atoms with Crippen molar-refractivity contribution in [1.82, 2.24) is 9.80 Å². The van der Waals surface area contributed by atoms with Gasteiger partial charge in [-0.05, 0) is 42.5 Å². The first-order valence-corrected chi connectivity index (χ1v) is 9.37. The molecule has 1 aliphatic rings. The van der Waals surface area contributed by atoms with Gasteiger partial charge in [-0.15, -0.1) is 0 Å². The largest absolute Gasteiger partial charge is 0.378 e. The quantitative estimate of drug-likeness (QED) is 0.835. The topological polar surface area (TPSA) is 55.9 Å². The minimum atomic E-state index is -0.540. The van der Waals surface area contributed by atoms with E-state index in [1.165, 1.54) is 36.4 Å². The first kappa shape index (κ1) is 20.7. The summed E-state index contributed by atoms with van der Waals surface area (Å²) in [6.45, 7) is 2.03. The average Bonchev–Trinajstić information content (AvgIpc) is 2.69. The van der Waals surface area contributed by atoms with Crippen molar-refractivity contribution >= 4 is 23.2 Å². The first-order valence-electron chi connectivity index (χ1n) is 9.37. The molecule has 0 aromatic heterocycles. The van der Waals surface area contributed by atoms with E-state index in [9.17, 15) is 18.4 Å². The molecule has 0 atom stereocenters. The smallest absolute Gasteiger partial charge is 0.256 e. The summed E-state index contributed by atoms with van der Waals surface area (Å²) in [5.41, 5.74) is 1.27. The number of benzene rings is 2. The predicted molar refractivity (Wildman–Crippen MR) is 108 cm³/mol. The maximum absolute atomic E-state index is 14.3. The molecule has 0 spiro atoms. The number of hydrogen-bond donors (Lipinski definition) is 1. The third-order valence-electron chi connectivity index (χ3n) is 4.85. The normalized spacial score (nSPS) is 14.6. The second-order valence-corrected chi connectivity index (χ2v) is 7.18. The highest BCUT2D eigenvalue weighted by Gasteiger charge is 2.25. The second kappa shape index (κ2) is 9.00. The lowest BCUT2D eigenvalue weighted by molar-refractivity contribution is -0.117. The minimum Gasteiger partial charge on any atom is -0.378 e. The molecular weight excluding hydrogens is 378 g/mol. The summed E-state index contributed by atoms with van der Waals surface area (Å²) in [4.78, 5) is 30.1. The van der Waals surface area contributed by atoms with Crippen molar-refractivity contribution in [2.24, 2.45) is 0 Å². The second-order valence-electron chi connectivity index (χ2n) is 7.18. The lowest BCUT2D eigenvalue weighted by atomic mass is 10.1. The number of carbonyl (C=O) groups is 2. The Labute approximate surface area is 168 Å². The van der Waals surface area contributed by atoms with E-state index in [1.54, 1.807) is 15.9 Å². The van der Waals surface area contributed by atoms with Gasteiger partial charge in [0.1, 0.15) is 11.6 Å². The molecule has 1 fully saturated rings. The zero-order valence-electron chi connectivity index (χ0n) is 16.5. The molecule has 0 unspecified atom stereocenters. The molecule has 1 saturated heterocycles. The van der Waals surface area contributed by atoms with Crippen molar-refractivity contribution in [3.63, 3.8) is 0 Å². The van der Waals surface area contributed by atoms with Gasteiger partial charge >= 0.3 is 0 Å². The Morgan fingerprint density at radius 2 is 1.66 bits per heavy atom. The Hall–Kier alpha value is -3.00. The average molecular weight is 402 g/mol. The summed E-state index contributed by atoms with van der Waals surface area (Å²) >= 11 is 0. The van der Waals surface area contributed by atoms with Crippen LogP contribution in [0, 0.1) is 11.6 Å². The zero-order valence-corrected chi connectivity index (χ0v) is 16.5. The standard InChI is InChI=1S/C21H24F2N4O2/c1-25(2)17-7-8-18(19(23)13-17)21(29)27-11-9-26(10-12-27)14-20(28)24-16-5-3-15(22)4-6-16/h3-8,13H,9-12,14H2,1-2H3,(H,24,28). The molecule has 29 heavy (non-hydrogen) atoms. The number of piperazine rings is 1. The Morgan fingerprint density at radius 3 is 2.24 bits per heavy atom.